The van der Waals surface area contributed by atoms with Crippen molar-refractivity contribution in [2.75, 3.05) is 17.3 Å². The molecule has 1 aromatic heterocycles. The molecule has 1 aromatic carbocycles. The molecule has 2 aromatic rings. The van der Waals surface area contributed by atoms with Crippen molar-refractivity contribution in [3.8, 4) is 0 Å². The van der Waals surface area contributed by atoms with Gasteiger partial charge in [-0.05, 0) is 37.5 Å². The lowest BCUT2D eigenvalue weighted by Crippen LogP contribution is -2.13. The van der Waals surface area contributed by atoms with Gasteiger partial charge in [0.25, 0.3) is 0 Å². The molecular weight excluding hydrogens is 328 g/mol. The number of oxazole rings is 1. The number of benzene rings is 1. The third-order valence-electron chi connectivity index (χ3n) is 3.20. The van der Waals surface area contributed by atoms with Crippen LogP contribution in [0.4, 0.5) is 6.01 Å². The highest BCUT2D eigenvalue weighted by molar-refractivity contribution is 7.90. The Kier molecular flexibility index (Phi) is 4.77. The molecule has 0 aliphatic rings. The number of fused-ring (bicyclic) bond motifs is 1. The number of sulfone groups is 1. The summed E-state index contributed by atoms with van der Waals surface area (Å²) < 4.78 is 27.5. The van der Waals surface area contributed by atoms with E-state index in [2.05, 4.69) is 10.3 Å². The second-order valence-corrected chi connectivity index (χ2v) is 7.92. The van der Waals surface area contributed by atoms with Crippen molar-refractivity contribution in [3.63, 3.8) is 0 Å². The number of rotatable bonds is 5. The van der Waals surface area contributed by atoms with E-state index in [9.17, 15) is 13.2 Å². The minimum absolute atomic E-state index is 0.0259. The summed E-state index contributed by atoms with van der Waals surface area (Å²) in [6, 6.07) is 1.85. The fourth-order valence-electron chi connectivity index (χ4n) is 2.09. The van der Waals surface area contributed by atoms with Crippen LogP contribution in [0.5, 0.6) is 0 Å². The van der Waals surface area contributed by atoms with E-state index >= 15 is 0 Å². The Balaban J connectivity index is 2.09. The van der Waals surface area contributed by atoms with Crippen molar-refractivity contribution in [1.29, 1.82) is 0 Å². The minimum Gasteiger partial charge on any atom is -0.423 e. The van der Waals surface area contributed by atoms with Gasteiger partial charge >= 0.3 is 6.01 Å². The van der Waals surface area contributed by atoms with Gasteiger partial charge in [0.1, 0.15) is 15.4 Å². The van der Waals surface area contributed by atoms with Gasteiger partial charge < -0.3 is 4.42 Å². The van der Waals surface area contributed by atoms with Crippen molar-refractivity contribution >= 4 is 44.5 Å². The molecule has 0 unspecified atom stereocenters. The van der Waals surface area contributed by atoms with E-state index in [-0.39, 0.29) is 30.5 Å². The van der Waals surface area contributed by atoms with Crippen LogP contribution >= 0.6 is 11.6 Å². The number of carbonyl (C=O) groups excluding carboxylic acids is 1. The lowest BCUT2D eigenvalue weighted by molar-refractivity contribution is -0.116. The van der Waals surface area contributed by atoms with Crippen LogP contribution in [0.25, 0.3) is 11.1 Å². The highest BCUT2D eigenvalue weighted by atomic mass is 35.5. The number of carbonyl (C=O) groups is 1. The molecule has 1 heterocycles. The number of halogens is 1. The summed E-state index contributed by atoms with van der Waals surface area (Å²) in [5.41, 5.74) is 2.81. The third kappa shape index (κ3) is 3.98. The second-order valence-electron chi connectivity index (χ2n) is 5.28. The Hall–Kier alpha value is -1.60. The molecule has 0 aliphatic heterocycles. The molecule has 0 saturated carbocycles. The largest absolute Gasteiger partial charge is 0.423 e. The lowest BCUT2D eigenvalue weighted by atomic mass is 10.1. The van der Waals surface area contributed by atoms with Crippen LogP contribution in [-0.2, 0) is 14.6 Å². The zero-order valence-electron chi connectivity index (χ0n) is 12.6. The minimum atomic E-state index is -3.06. The van der Waals surface area contributed by atoms with Gasteiger partial charge in [0.2, 0.25) is 5.91 Å². The molecule has 22 heavy (non-hydrogen) atoms. The summed E-state index contributed by atoms with van der Waals surface area (Å²) in [7, 11) is -3.06. The summed E-state index contributed by atoms with van der Waals surface area (Å²) in [5, 5.41) is 3.15. The molecule has 0 spiro atoms. The summed E-state index contributed by atoms with van der Waals surface area (Å²) in [4.78, 5) is 16.0. The predicted octanol–water partition coefficient (Wildman–Crippen LogP) is 2.86. The maximum absolute atomic E-state index is 11.8. The normalized spacial score (nSPS) is 11.8. The molecule has 0 fully saturated rings. The van der Waals surface area contributed by atoms with Gasteiger partial charge in [0.15, 0.2) is 5.58 Å². The summed E-state index contributed by atoms with van der Waals surface area (Å²) >= 11 is 6.16. The number of hydrogen-bond acceptors (Lipinski definition) is 5. The van der Waals surface area contributed by atoms with Crippen molar-refractivity contribution in [3.05, 3.63) is 22.2 Å². The first kappa shape index (κ1) is 16.8. The molecule has 1 N–H and O–H groups in total. The maximum atomic E-state index is 11.8. The first-order valence-corrected chi connectivity index (χ1v) is 9.15. The van der Waals surface area contributed by atoms with E-state index in [0.29, 0.717) is 16.1 Å². The van der Waals surface area contributed by atoms with Crippen molar-refractivity contribution in [2.45, 2.75) is 26.7 Å². The zero-order valence-corrected chi connectivity index (χ0v) is 14.1. The van der Waals surface area contributed by atoms with Crippen molar-refractivity contribution < 1.29 is 17.6 Å². The highest BCUT2D eigenvalue weighted by Crippen LogP contribution is 2.30. The molecule has 0 aliphatic carbocycles. The monoisotopic (exact) mass is 344 g/mol. The van der Waals surface area contributed by atoms with Gasteiger partial charge in [-0.2, -0.15) is 4.98 Å². The number of nitrogens with one attached hydrogen (secondary N) is 1. The van der Waals surface area contributed by atoms with Crippen molar-refractivity contribution in [2.24, 2.45) is 0 Å². The van der Waals surface area contributed by atoms with Gasteiger partial charge in [-0.25, -0.2) is 8.42 Å². The molecule has 2 rings (SSSR count). The van der Waals surface area contributed by atoms with Gasteiger partial charge in [0.05, 0.1) is 5.75 Å². The number of aromatic nitrogens is 1. The van der Waals surface area contributed by atoms with E-state index < -0.39 is 9.84 Å². The molecular formula is C14H17ClN2O4S. The van der Waals surface area contributed by atoms with E-state index in [1.807, 2.05) is 13.8 Å². The van der Waals surface area contributed by atoms with Crippen LogP contribution < -0.4 is 5.32 Å². The fourth-order valence-corrected chi connectivity index (χ4v) is 2.90. The standard InChI is InChI=1S/C14H17ClN2O4S/c1-8-7-10-13(9(2)12(8)15)17-14(21-10)16-11(18)5-4-6-22(3,19)20/h7H,4-6H2,1-3H3,(H,16,17,18). The van der Waals surface area contributed by atoms with Crippen LogP contribution in [0.2, 0.25) is 5.02 Å². The average molecular weight is 345 g/mol. The van der Waals surface area contributed by atoms with Crippen LogP contribution in [-0.4, -0.2) is 31.3 Å². The van der Waals surface area contributed by atoms with Crippen LogP contribution in [0.1, 0.15) is 24.0 Å². The Bertz CT molecular complexity index is 827. The van der Waals surface area contributed by atoms with Gasteiger partial charge in [-0.3, -0.25) is 10.1 Å². The third-order valence-corrected chi connectivity index (χ3v) is 4.81. The average Bonchev–Trinajstić information content (AvgIpc) is 2.77. The Labute approximate surface area is 133 Å². The first-order valence-electron chi connectivity index (χ1n) is 6.71. The highest BCUT2D eigenvalue weighted by Gasteiger charge is 2.14. The number of hydrogen-bond donors (Lipinski definition) is 1. The smallest absolute Gasteiger partial charge is 0.302 e. The molecule has 8 heteroatoms. The molecule has 0 bridgehead atoms. The Morgan fingerprint density at radius 3 is 2.73 bits per heavy atom. The topological polar surface area (TPSA) is 89.3 Å². The predicted molar refractivity (Wildman–Crippen MR) is 86.1 cm³/mol. The molecule has 0 saturated heterocycles. The van der Waals surface area contributed by atoms with Gasteiger partial charge in [0, 0.05) is 17.7 Å². The van der Waals surface area contributed by atoms with Crippen LogP contribution in [0, 0.1) is 13.8 Å². The summed E-state index contributed by atoms with van der Waals surface area (Å²) in [6.07, 6.45) is 1.49. The van der Waals surface area contributed by atoms with E-state index in [4.69, 9.17) is 16.0 Å². The SMILES string of the molecule is Cc1cc2oc(NC(=O)CCCS(C)(=O)=O)nc2c(C)c1Cl. The summed E-state index contributed by atoms with van der Waals surface area (Å²) in [5.74, 6) is -0.363. The van der Waals surface area contributed by atoms with Crippen LogP contribution in [0.15, 0.2) is 10.5 Å². The zero-order chi connectivity index (χ0) is 16.5. The fraction of sp³-hybridized carbons (Fsp3) is 0.429. The van der Waals surface area contributed by atoms with E-state index in [0.717, 1.165) is 17.4 Å². The number of anilines is 1. The molecule has 0 radical (unpaired) electrons. The van der Waals surface area contributed by atoms with E-state index in [1.165, 1.54) is 0 Å². The molecule has 6 nitrogen and oxygen atoms in total. The van der Waals surface area contributed by atoms with E-state index in [1.54, 1.807) is 6.07 Å². The van der Waals surface area contributed by atoms with Crippen LogP contribution in [0.3, 0.4) is 0 Å². The molecule has 1 amide bonds. The van der Waals surface area contributed by atoms with Crippen molar-refractivity contribution in [1.82, 2.24) is 4.98 Å². The number of nitrogens with zero attached hydrogens (tertiary/aromatic N) is 1. The first-order chi connectivity index (χ1) is 10.2. The summed E-state index contributed by atoms with van der Waals surface area (Å²) in [6.45, 7) is 3.69. The van der Waals surface area contributed by atoms with Gasteiger partial charge in [-0.1, -0.05) is 11.6 Å². The second kappa shape index (κ2) is 6.26. The van der Waals surface area contributed by atoms with Gasteiger partial charge in [-0.15, -0.1) is 0 Å². The molecule has 120 valence electrons. The number of amides is 1. The number of aryl methyl sites for hydroxylation is 2. The molecule has 0 atom stereocenters. The lowest BCUT2D eigenvalue weighted by Gasteiger charge is -2.00. The maximum Gasteiger partial charge on any atom is 0.302 e. The Morgan fingerprint density at radius 2 is 2.09 bits per heavy atom. The quantitative estimate of drug-likeness (QED) is 0.900. The Morgan fingerprint density at radius 1 is 1.41 bits per heavy atom.